The number of hydrogen-bond donors (Lipinski definition) is 2. The molecule has 0 aliphatic rings. The zero-order chi connectivity index (χ0) is 18.4. The molecule has 25 heavy (non-hydrogen) atoms. The lowest BCUT2D eigenvalue weighted by Crippen LogP contribution is -2.30. The number of benzene rings is 1. The van der Waals surface area contributed by atoms with Gasteiger partial charge in [-0.1, -0.05) is 37.6 Å². The zero-order valence-corrected chi connectivity index (χ0v) is 15.3. The number of amides is 1. The first kappa shape index (κ1) is 19.0. The normalized spacial score (nSPS) is 12.0. The number of carbonyl (C=O) groups excluding carboxylic acids is 2. The van der Waals surface area contributed by atoms with Gasteiger partial charge in [0.25, 0.3) is 5.91 Å². The lowest BCUT2D eigenvalue weighted by molar-refractivity contribution is -0.141. The van der Waals surface area contributed by atoms with Crippen molar-refractivity contribution in [1.29, 1.82) is 0 Å². The molecule has 0 radical (unpaired) electrons. The maximum absolute atomic E-state index is 12.5. The van der Waals surface area contributed by atoms with Crippen LogP contribution in [0, 0.1) is 5.92 Å². The molecular weight excluding hydrogens is 342 g/mol. The number of nitrogens with one attached hydrogen (secondary N) is 2. The number of rotatable bonds is 7. The van der Waals surface area contributed by atoms with Crippen LogP contribution in [0.15, 0.2) is 30.3 Å². The molecule has 1 aromatic heterocycles. The first-order valence-electron chi connectivity index (χ1n) is 8.06. The molecule has 2 rings (SSSR count). The molecule has 0 fully saturated rings. The first-order chi connectivity index (χ1) is 11.9. The lowest BCUT2D eigenvalue weighted by atomic mass is 10.0. The Bertz CT molecular complexity index is 725. The van der Waals surface area contributed by atoms with E-state index in [4.69, 9.17) is 16.3 Å². The SMILES string of the molecule is COC(=O)CC(NC(=O)c1cc(CC(C)C)[nH]n1)c1ccc(Cl)cc1. The summed E-state index contributed by atoms with van der Waals surface area (Å²) in [5.41, 5.74) is 1.96. The second-order valence-corrected chi connectivity index (χ2v) is 6.67. The van der Waals surface area contributed by atoms with Gasteiger partial charge in [-0.05, 0) is 36.1 Å². The maximum Gasteiger partial charge on any atom is 0.307 e. The van der Waals surface area contributed by atoms with Crippen molar-refractivity contribution < 1.29 is 14.3 Å². The number of nitrogens with zero attached hydrogens (tertiary/aromatic N) is 1. The fourth-order valence-corrected chi connectivity index (χ4v) is 2.58. The predicted octanol–water partition coefficient (Wildman–Crippen LogP) is 3.30. The van der Waals surface area contributed by atoms with Crippen LogP contribution in [0.4, 0.5) is 0 Å². The van der Waals surface area contributed by atoms with E-state index in [0.29, 0.717) is 16.6 Å². The largest absolute Gasteiger partial charge is 0.469 e. The summed E-state index contributed by atoms with van der Waals surface area (Å²) in [6, 6.07) is 8.16. The molecule has 1 aromatic carbocycles. The van der Waals surface area contributed by atoms with Gasteiger partial charge in [0.05, 0.1) is 19.6 Å². The fourth-order valence-electron chi connectivity index (χ4n) is 2.45. The minimum absolute atomic E-state index is 0.0210. The summed E-state index contributed by atoms with van der Waals surface area (Å²) in [7, 11) is 1.31. The molecule has 1 amide bonds. The molecule has 1 atom stereocenters. The Morgan fingerprint density at radius 1 is 1.28 bits per heavy atom. The second-order valence-electron chi connectivity index (χ2n) is 6.23. The second kappa shape index (κ2) is 8.67. The highest BCUT2D eigenvalue weighted by molar-refractivity contribution is 6.30. The van der Waals surface area contributed by atoms with Gasteiger partial charge in [-0.2, -0.15) is 5.10 Å². The van der Waals surface area contributed by atoms with Gasteiger partial charge >= 0.3 is 5.97 Å². The Hall–Kier alpha value is -2.34. The standard InChI is InChI=1S/C18H22ClN3O3/c1-11(2)8-14-9-16(22-21-14)18(24)20-15(10-17(23)25-3)12-4-6-13(19)7-5-12/h4-7,9,11,15H,8,10H2,1-3H3,(H,20,24)(H,21,22). The summed E-state index contributed by atoms with van der Waals surface area (Å²) in [6.07, 6.45) is 0.830. The zero-order valence-electron chi connectivity index (χ0n) is 14.5. The number of halogens is 1. The van der Waals surface area contributed by atoms with Crippen LogP contribution in [-0.4, -0.2) is 29.2 Å². The number of hydrogen-bond acceptors (Lipinski definition) is 4. The van der Waals surface area contributed by atoms with E-state index in [-0.39, 0.29) is 12.3 Å². The predicted molar refractivity (Wildman–Crippen MR) is 95.4 cm³/mol. The van der Waals surface area contributed by atoms with Crippen molar-refractivity contribution in [2.75, 3.05) is 7.11 Å². The van der Waals surface area contributed by atoms with Crippen molar-refractivity contribution in [1.82, 2.24) is 15.5 Å². The summed E-state index contributed by atoms with van der Waals surface area (Å²) >= 11 is 5.90. The topological polar surface area (TPSA) is 84.1 Å². The highest BCUT2D eigenvalue weighted by Gasteiger charge is 2.21. The fraction of sp³-hybridized carbons (Fsp3) is 0.389. The first-order valence-corrected chi connectivity index (χ1v) is 8.44. The molecule has 1 unspecified atom stereocenters. The third-order valence-electron chi connectivity index (χ3n) is 3.67. The maximum atomic E-state index is 12.5. The minimum Gasteiger partial charge on any atom is -0.469 e. The number of carbonyl (C=O) groups is 2. The van der Waals surface area contributed by atoms with Crippen LogP contribution >= 0.6 is 11.6 Å². The van der Waals surface area contributed by atoms with E-state index >= 15 is 0 Å². The van der Waals surface area contributed by atoms with Crippen molar-refractivity contribution in [3.05, 3.63) is 52.3 Å². The molecule has 0 bridgehead atoms. The van der Waals surface area contributed by atoms with Crippen LogP contribution in [0.1, 0.15) is 48.1 Å². The number of aromatic nitrogens is 2. The number of ether oxygens (including phenoxy) is 1. The van der Waals surface area contributed by atoms with E-state index < -0.39 is 12.0 Å². The molecule has 0 aliphatic carbocycles. The van der Waals surface area contributed by atoms with E-state index in [9.17, 15) is 9.59 Å². The van der Waals surface area contributed by atoms with Gasteiger partial charge in [0, 0.05) is 10.7 Å². The molecule has 6 nitrogen and oxygen atoms in total. The van der Waals surface area contributed by atoms with Gasteiger partial charge in [-0.3, -0.25) is 14.7 Å². The van der Waals surface area contributed by atoms with Crippen LogP contribution in [0.5, 0.6) is 0 Å². The van der Waals surface area contributed by atoms with Crippen LogP contribution < -0.4 is 5.32 Å². The van der Waals surface area contributed by atoms with Crippen LogP contribution in [-0.2, 0) is 16.0 Å². The molecule has 0 saturated heterocycles. The van der Waals surface area contributed by atoms with E-state index in [1.165, 1.54) is 7.11 Å². The van der Waals surface area contributed by atoms with E-state index in [1.807, 2.05) is 0 Å². The van der Waals surface area contributed by atoms with Crippen LogP contribution in [0.3, 0.4) is 0 Å². The van der Waals surface area contributed by atoms with E-state index in [2.05, 4.69) is 29.4 Å². The summed E-state index contributed by atoms with van der Waals surface area (Å²) in [6.45, 7) is 4.18. The Balaban J connectivity index is 2.14. The summed E-state index contributed by atoms with van der Waals surface area (Å²) in [5, 5.41) is 10.3. The average Bonchev–Trinajstić information content (AvgIpc) is 3.02. The molecule has 0 saturated carbocycles. The van der Waals surface area contributed by atoms with Crippen LogP contribution in [0.25, 0.3) is 0 Å². The quantitative estimate of drug-likeness (QED) is 0.739. The Morgan fingerprint density at radius 3 is 2.56 bits per heavy atom. The molecule has 0 aliphatic heterocycles. The van der Waals surface area contributed by atoms with Crippen molar-refractivity contribution in [3.8, 4) is 0 Å². The van der Waals surface area contributed by atoms with E-state index in [0.717, 1.165) is 17.7 Å². The van der Waals surface area contributed by atoms with Gasteiger partial charge in [-0.15, -0.1) is 0 Å². The molecule has 7 heteroatoms. The molecule has 0 spiro atoms. The minimum atomic E-state index is -0.525. The van der Waals surface area contributed by atoms with Crippen molar-refractivity contribution >= 4 is 23.5 Å². The summed E-state index contributed by atoms with van der Waals surface area (Å²) in [5.74, 6) is -0.310. The van der Waals surface area contributed by atoms with Crippen molar-refractivity contribution in [2.45, 2.75) is 32.7 Å². The molecule has 2 N–H and O–H groups in total. The number of aromatic amines is 1. The third kappa shape index (κ3) is 5.60. The number of esters is 1. The van der Waals surface area contributed by atoms with Crippen molar-refractivity contribution in [2.24, 2.45) is 5.92 Å². The third-order valence-corrected chi connectivity index (χ3v) is 3.92. The highest BCUT2D eigenvalue weighted by Crippen LogP contribution is 2.20. The Morgan fingerprint density at radius 2 is 1.96 bits per heavy atom. The molecular formula is C18H22ClN3O3. The summed E-state index contributed by atoms with van der Waals surface area (Å²) < 4.78 is 4.72. The lowest BCUT2D eigenvalue weighted by Gasteiger charge is -2.17. The van der Waals surface area contributed by atoms with Gasteiger partial charge in [0.15, 0.2) is 0 Å². The highest BCUT2D eigenvalue weighted by atomic mass is 35.5. The molecule has 134 valence electrons. The van der Waals surface area contributed by atoms with Crippen molar-refractivity contribution in [3.63, 3.8) is 0 Å². The smallest absolute Gasteiger partial charge is 0.307 e. The monoisotopic (exact) mass is 363 g/mol. The Labute approximate surface area is 151 Å². The van der Waals surface area contributed by atoms with Gasteiger partial charge in [0.1, 0.15) is 5.69 Å². The van der Waals surface area contributed by atoms with E-state index in [1.54, 1.807) is 30.3 Å². The molecule has 1 heterocycles. The number of H-pyrrole nitrogens is 1. The average molecular weight is 364 g/mol. The van der Waals surface area contributed by atoms with Gasteiger partial charge in [-0.25, -0.2) is 0 Å². The van der Waals surface area contributed by atoms with Crippen LogP contribution in [0.2, 0.25) is 5.02 Å². The summed E-state index contributed by atoms with van der Waals surface area (Å²) in [4.78, 5) is 24.2. The van der Waals surface area contributed by atoms with Gasteiger partial charge < -0.3 is 10.1 Å². The Kier molecular flexibility index (Phi) is 6.58. The van der Waals surface area contributed by atoms with Gasteiger partial charge in [0.2, 0.25) is 0 Å². The molecule has 2 aromatic rings. The number of methoxy groups -OCH3 is 1.